The van der Waals surface area contributed by atoms with Crippen LogP contribution in [0.4, 0.5) is 0 Å². The Hall–Kier alpha value is -2.10. The highest BCUT2D eigenvalue weighted by Crippen LogP contribution is 2.28. The van der Waals surface area contributed by atoms with Gasteiger partial charge < -0.3 is 9.26 Å². The average Bonchev–Trinajstić information content (AvgIpc) is 2.77. The molecule has 15 heavy (non-hydrogen) atoms. The number of para-hydroxylation sites is 1. The summed E-state index contributed by atoms with van der Waals surface area (Å²) in [5.74, 6) is 0.902. The molecule has 0 amide bonds. The Kier molecular flexibility index (Phi) is 2.49. The summed E-state index contributed by atoms with van der Waals surface area (Å²) in [7, 11) is 1.58. The molecule has 0 bridgehead atoms. The molecule has 0 saturated heterocycles. The monoisotopic (exact) mass is 203 g/mol. The van der Waals surface area contributed by atoms with Crippen LogP contribution in [-0.4, -0.2) is 18.6 Å². The summed E-state index contributed by atoms with van der Waals surface area (Å²) in [6.45, 7) is 0. The van der Waals surface area contributed by atoms with E-state index in [1.54, 1.807) is 13.2 Å². The zero-order valence-corrected chi connectivity index (χ0v) is 8.14. The number of hydrogen-bond acceptors (Lipinski definition) is 4. The SMILES string of the molecule is COc1ccccc1-c1cc(C=O)on1. The lowest BCUT2D eigenvalue weighted by Crippen LogP contribution is -1.86. The number of aldehydes is 1. The fourth-order valence-electron chi connectivity index (χ4n) is 1.33. The molecule has 0 saturated carbocycles. The van der Waals surface area contributed by atoms with Crippen molar-refractivity contribution in [3.8, 4) is 17.0 Å². The largest absolute Gasteiger partial charge is 0.496 e. The predicted molar refractivity (Wildman–Crippen MR) is 53.9 cm³/mol. The summed E-state index contributed by atoms with van der Waals surface area (Å²) in [6.07, 6.45) is 0.617. The molecule has 0 N–H and O–H groups in total. The molecule has 4 heteroatoms. The lowest BCUT2D eigenvalue weighted by Gasteiger charge is -2.03. The smallest absolute Gasteiger partial charge is 0.199 e. The number of carbonyl (C=O) groups excluding carboxylic acids is 1. The number of hydrogen-bond donors (Lipinski definition) is 0. The van der Waals surface area contributed by atoms with Gasteiger partial charge in [0, 0.05) is 11.6 Å². The minimum absolute atomic E-state index is 0.205. The molecule has 2 aromatic rings. The second-order valence-corrected chi connectivity index (χ2v) is 2.93. The Morgan fingerprint density at radius 2 is 2.20 bits per heavy atom. The molecule has 1 heterocycles. The number of aromatic nitrogens is 1. The lowest BCUT2D eigenvalue weighted by molar-refractivity contribution is 0.109. The highest BCUT2D eigenvalue weighted by molar-refractivity contribution is 5.75. The first-order valence-electron chi connectivity index (χ1n) is 4.40. The molecule has 2 rings (SSSR count). The van der Waals surface area contributed by atoms with Gasteiger partial charge in [0.15, 0.2) is 12.0 Å². The van der Waals surface area contributed by atoms with Crippen LogP contribution < -0.4 is 4.74 Å². The molecule has 0 fully saturated rings. The second-order valence-electron chi connectivity index (χ2n) is 2.93. The Labute approximate surface area is 86.5 Å². The predicted octanol–water partition coefficient (Wildman–Crippen LogP) is 2.16. The van der Waals surface area contributed by atoms with Gasteiger partial charge in [-0.2, -0.15) is 0 Å². The highest BCUT2D eigenvalue weighted by atomic mass is 16.5. The number of methoxy groups -OCH3 is 1. The fourth-order valence-corrected chi connectivity index (χ4v) is 1.33. The lowest BCUT2D eigenvalue weighted by atomic mass is 10.1. The van der Waals surface area contributed by atoms with Gasteiger partial charge in [0.2, 0.25) is 0 Å². The summed E-state index contributed by atoms with van der Waals surface area (Å²) in [4.78, 5) is 10.4. The summed E-state index contributed by atoms with van der Waals surface area (Å²) in [5.41, 5.74) is 1.39. The molecule has 0 spiro atoms. The van der Waals surface area contributed by atoms with Gasteiger partial charge in [-0.25, -0.2) is 0 Å². The molecule has 76 valence electrons. The van der Waals surface area contributed by atoms with Crippen molar-refractivity contribution in [2.75, 3.05) is 7.11 Å². The molecule has 4 nitrogen and oxygen atoms in total. The van der Waals surface area contributed by atoms with Crippen molar-refractivity contribution in [2.24, 2.45) is 0 Å². The number of rotatable bonds is 3. The Morgan fingerprint density at radius 3 is 2.87 bits per heavy atom. The molecule has 0 radical (unpaired) electrons. The van der Waals surface area contributed by atoms with Crippen LogP contribution in [0.15, 0.2) is 34.9 Å². The number of ether oxygens (including phenoxy) is 1. The van der Waals surface area contributed by atoms with Crippen LogP contribution in [0.5, 0.6) is 5.75 Å². The van der Waals surface area contributed by atoms with Crippen LogP contribution in [0.1, 0.15) is 10.6 Å². The topological polar surface area (TPSA) is 52.3 Å². The van der Waals surface area contributed by atoms with Crippen molar-refractivity contribution in [1.82, 2.24) is 5.16 Å². The third-order valence-electron chi connectivity index (χ3n) is 2.03. The van der Waals surface area contributed by atoms with Crippen LogP contribution in [0.25, 0.3) is 11.3 Å². The van der Waals surface area contributed by atoms with E-state index in [1.807, 2.05) is 24.3 Å². The van der Waals surface area contributed by atoms with Crippen molar-refractivity contribution >= 4 is 6.29 Å². The molecular weight excluding hydrogens is 194 g/mol. The first-order chi connectivity index (χ1) is 7.35. The van der Waals surface area contributed by atoms with E-state index in [1.165, 1.54) is 0 Å². The van der Waals surface area contributed by atoms with E-state index in [0.717, 1.165) is 5.56 Å². The zero-order chi connectivity index (χ0) is 10.7. The van der Waals surface area contributed by atoms with Crippen molar-refractivity contribution in [2.45, 2.75) is 0 Å². The van der Waals surface area contributed by atoms with Gasteiger partial charge in [-0.1, -0.05) is 17.3 Å². The zero-order valence-electron chi connectivity index (χ0n) is 8.14. The molecule has 0 aliphatic rings. The van der Waals surface area contributed by atoms with Crippen LogP contribution in [-0.2, 0) is 0 Å². The summed E-state index contributed by atoms with van der Waals surface area (Å²) >= 11 is 0. The Balaban J connectivity index is 2.48. The van der Waals surface area contributed by atoms with Gasteiger partial charge in [0.25, 0.3) is 0 Å². The van der Waals surface area contributed by atoms with Gasteiger partial charge in [-0.15, -0.1) is 0 Å². The molecule has 1 aromatic heterocycles. The van der Waals surface area contributed by atoms with Crippen LogP contribution >= 0.6 is 0 Å². The Morgan fingerprint density at radius 1 is 1.40 bits per heavy atom. The minimum atomic E-state index is 0.205. The third kappa shape index (κ3) is 1.74. The van der Waals surface area contributed by atoms with Crippen molar-refractivity contribution in [3.63, 3.8) is 0 Å². The molecule has 0 aliphatic carbocycles. The van der Waals surface area contributed by atoms with Crippen molar-refractivity contribution < 1.29 is 14.1 Å². The average molecular weight is 203 g/mol. The quantitative estimate of drug-likeness (QED) is 0.717. The van der Waals surface area contributed by atoms with Crippen LogP contribution in [0, 0.1) is 0 Å². The summed E-state index contributed by atoms with van der Waals surface area (Å²) in [5, 5.41) is 3.78. The van der Waals surface area contributed by atoms with E-state index in [0.29, 0.717) is 17.7 Å². The number of nitrogens with zero attached hydrogens (tertiary/aromatic N) is 1. The fraction of sp³-hybridized carbons (Fsp3) is 0.0909. The van der Waals surface area contributed by atoms with E-state index in [-0.39, 0.29) is 5.76 Å². The van der Waals surface area contributed by atoms with Gasteiger partial charge in [0.05, 0.1) is 7.11 Å². The van der Waals surface area contributed by atoms with Gasteiger partial charge >= 0.3 is 0 Å². The molecule has 1 aromatic carbocycles. The first-order valence-corrected chi connectivity index (χ1v) is 4.40. The van der Waals surface area contributed by atoms with E-state index in [2.05, 4.69) is 5.16 Å². The van der Waals surface area contributed by atoms with E-state index < -0.39 is 0 Å². The van der Waals surface area contributed by atoms with Gasteiger partial charge in [-0.05, 0) is 12.1 Å². The second kappa shape index (κ2) is 3.96. The van der Waals surface area contributed by atoms with E-state index >= 15 is 0 Å². The molecular formula is C11H9NO3. The normalized spacial score (nSPS) is 9.93. The molecule has 0 unspecified atom stereocenters. The maximum absolute atomic E-state index is 10.4. The highest BCUT2D eigenvalue weighted by Gasteiger charge is 2.09. The number of carbonyl (C=O) groups is 1. The molecule has 0 atom stereocenters. The maximum Gasteiger partial charge on any atom is 0.199 e. The minimum Gasteiger partial charge on any atom is -0.496 e. The first kappa shape index (κ1) is 9.45. The number of benzene rings is 1. The van der Waals surface area contributed by atoms with Crippen LogP contribution in [0.3, 0.4) is 0 Å². The van der Waals surface area contributed by atoms with E-state index in [4.69, 9.17) is 9.26 Å². The van der Waals surface area contributed by atoms with Gasteiger partial charge in [0.1, 0.15) is 11.4 Å². The third-order valence-corrected chi connectivity index (χ3v) is 2.03. The van der Waals surface area contributed by atoms with Gasteiger partial charge in [-0.3, -0.25) is 4.79 Å². The Bertz CT molecular complexity index is 476. The summed E-state index contributed by atoms with van der Waals surface area (Å²) < 4.78 is 9.97. The maximum atomic E-state index is 10.4. The van der Waals surface area contributed by atoms with Crippen molar-refractivity contribution in [1.29, 1.82) is 0 Å². The van der Waals surface area contributed by atoms with E-state index in [9.17, 15) is 4.79 Å². The molecule has 0 aliphatic heterocycles. The van der Waals surface area contributed by atoms with Crippen LogP contribution in [0.2, 0.25) is 0 Å². The van der Waals surface area contributed by atoms with Crippen molar-refractivity contribution in [3.05, 3.63) is 36.1 Å². The standard InChI is InChI=1S/C11H9NO3/c1-14-11-5-3-2-4-9(11)10-6-8(7-13)15-12-10/h2-7H,1H3. The summed E-state index contributed by atoms with van der Waals surface area (Å²) in [6, 6.07) is 8.98.